The third-order valence-electron chi connectivity index (χ3n) is 2.82. The molecule has 0 saturated heterocycles. The van der Waals surface area contributed by atoms with Crippen LogP contribution >= 0.6 is 0 Å². The second kappa shape index (κ2) is 7.09. The van der Waals surface area contributed by atoms with Crippen LogP contribution in [0.3, 0.4) is 0 Å². The molecule has 0 saturated carbocycles. The van der Waals surface area contributed by atoms with Crippen LogP contribution in [0.1, 0.15) is 12.5 Å². The molecule has 0 heterocycles. The zero-order valence-corrected chi connectivity index (χ0v) is 12.1. The lowest BCUT2D eigenvalue weighted by molar-refractivity contribution is -0.394. The smallest absolute Gasteiger partial charge is 0.280 e. The molecule has 0 aliphatic carbocycles. The predicted octanol–water partition coefficient (Wildman–Crippen LogP) is 1.03. The summed E-state index contributed by atoms with van der Waals surface area (Å²) in [5.74, 6) is -0.0311. The second-order valence-corrected chi connectivity index (χ2v) is 6.71. The van der Waals surface area contributed by atoms with Gasteiger partial charge < -0.3 is 5.32 Å². The standard InChI is InChI=1S/C11H15N3O6S/c1-2-21(19,20)6-5-12-8-9-3-4-10(13(15)16)7-11(9)14(17)18/h3-4,7,12H,2,5-6,8H2,1H3. The number of nitrogens with one attached hydrogen (secondary N) is 1. The number of benzene rings is 1. The van der Waals surface area contributed by atoms with Crippen molar-refractivity contribution < 1.29 is 18.3 Å². The molecule has 0 spiro atoms. The largest absolute Gasteiger partial charge is 0.311 e. The van der Waals surface area contributed by atoms with Crippen molar-refractivity contribution >= 4 is 21.2 Å². The highest BCUT2D eigenvalue weighted by Crippen LogP contribution is 2.24. The van der Waals surface area contributed by atoms with Gasteiger partial charge in [-0.2, -0.15) is 0 Å². The van der Waals surface area contributed by atoms with Crippen molar-refractivity contribution in [3.8, 4) is 0 Å². The minimum Gasteiger partial charge on any atom is -0.311 e. The maximum atomic E-state index is 11.3. The normalized spacial score (nSPS) is 11.3. The molecule has 0 unspecified atom stereocenters. The molecule has 116 valence electrons. The first-order valence-corrected chi connectivity index (χ1v) is 7.92. The number of hydrogen-bond donors (Lipinski definition) is 1. The molecule has 0 atom stereocenters. The highest BCUT2D eigenvalue weighted by molar-refractivity contribution is 7.91. The third kappa shape index (κ3) is 5.08. The molecule has 1 N–H and O–H groups in total. The summed E-state index contributed by atoms with van der Waals surface area (Å²) in [6.45, 7) is 1.76. The van der Waals surface area contributed by atoms with Gasteiger partial charge in [-0.15, -0.1) is 0 Å². The molecule has 21 heavy (non-hydrogen) atoms. The third-order valence-corrected chi connectivity index (χ3v) is 4.53. The Hall–Kier alpha value is -2.07. The molecule has 0 fully saturated rings. The topological polar surface area (TPSA) is 132 Å². The lowest BCUT2D eigenvalue weighted by Gasteiger charge is -2.06. The monoisotopic (exact) mass is 317 g/mol. The van der Waals surface area contributed by atoms with E-state index in [1.54, 1.807) is 0 Å². The minimum absolute atomic E-state index is 0.0341. The summed E-state index contributed by atoms with van der Waals surface area (Å²) < 4.78 is 22.6. The Morgan fingerprint density at radius 3 is 2.38 bits per heavy atom. The Balaban J connectivity index is 2.75. The van der Waals surface area contributed by atoms with Gasteiger partial charge in [-0.25, -0.2) is 8.42 Å². The summed E-state index contributed by atoms with van der Waals surface area (Å²) in [7, 11) is -3.10. The molecular formula is C11H15N3O6S. The Bertz CT molecular complexity index is 643. The van der Waals surface area contributed by atoms with Crippen LogP contribution in [0, 0.1) is 20.2 Å². The lowest BCUT2D eigenvalue weighted by Crippen LogP contribution is -2.23. The van der Waals surface area contributed by atoms with E-state index in [9.17, 15) is 28.6 Å². The van der Waals surface area contributed by atoms with E-state index in [1.165, 1.54) is 19.1 Å². The molecule has 0 bridgehead atoms. The van der Waals surface area contributed by atoms with Gasteiger partial charge in [0.1, 0.15) is 0 Å². The number of nitro groups is 2. The van der Waals surface area contributed by atoms with E-state index < -0.39 is 19.7 Å². The first-order valence-electron chi connectivity index (χ1n) is 6.09. The number of sulfone groups is 1. The molecule has 0 aliphatic heterocycles. The van der Waals surface area contributed by atoms with Crippen LogP contribution in [0.15, 0.2) is 18.2 Å². The van der Waals surface area contributed by atoms with Crippen LogP contribution < -0.4 is 5.32 Å². The van der Waals surface area contributed by atoms with E-state index in [1.807, 2.05) is 0 Å². The number of nitro benzene ring substituents is 2. The van der Waals surface area contributed by atoms with Crippen LogP contribution in [0.5, 0.6) is 0 Å². The molecule has 0 amide bonds. The molecule has 0 aliphatic rings. The highest BCUT2D eigenvalue weighted by atomic mass is 32.2. The first-order chi connectivity index (χ1) is 9.76. The van der Waals surface area contributed by atoms with E-state index >= 15 is 0 Å². The fourth-order valence-electron chi connectivity index (χ4n) is 1.58. The summed E-state index contributed by atoms with van der Waals surface area (Å²) in [5, 5.41) is 24.3. The first kappa shape index (κ1) is 17.0. The Morgan fingerprint density at radius 2 is 1.86 bits per heavy atom. The Labute approximate surface area is 121 Å². The van der Waals surface area contributed by atoms with E-state index in [2.05, 4.69) is 5.32 Å². The lowest BCUT2D eigenvalue weighted by atomic mass is 10.1. The number of hydrogen-bond acceptors (Lipinski definition) is 7. The van der Waals surface area contributed by atoms with Crippen molar-refractivity contribution in [2.75, 3.05) is 18.1 Å². The van der Waals surface area contributed by atoms with E-state index in [0.29, 0.717) is 0 Å². The molecule has 1 rings (SSSR count). The Kier molecular flexibility index (Phi) is 5.73. The summed E-state index contributed by atoms with van der Waals surface area (Å²) in [4.78, 5) is 20.1. The summed E-state index contributed by atoms with van der Waals surface area (Å²) in [5.41, 5.74) is -0.464. The molecular weight excluding hydrogens is 302 g/mol. The zero-order chi connectivity index (χ0) is 16.0. The van der Waals surface area contributed by atoms with Gasteiger partial charge in [0, 0.05) is 30.5 Å². The second-order valence-electron chi connectivity index (χ2n) is 4.24. The van der Waals surface area contributed by atoms with Gasteiger partial charge in [0.2, 0.25) is 0 Å². The van der Waals surface area contributed by atoms with Crippen LogP contribution in [0.25, 0.3) is 0 Å². The van der Waals surface area contributed by atoms with Crippen molar-refractivity contribution in [3.63, 3.8) is 0 Å². The highest BCUT2D eigenvalue weighted by Gasteiger charge is 2.19. The van der Waals surface area contributed by atoms with Gasteiger partial charge in [0.05, 0.1) is 21.7 Å². The van der Waals surface area contributed by atoms with Crippen molar-refractivity contribution in [2.45, 2.75) is 13.5 Å². The number of nitrogens with zero attached hydrogens (tertiary/aromatic N) is 2. The average Bonchev–Trinajstić information content (AvgIpc) is 2.43. The summed E-state index contributed by atoms with van der Waals surface area (Å²) in [6, 6.07) is 3.35. The van der Waals surface area contributed by atoms with E-state index in [0.717, 1.165) is 6.07 Å². The number of non-ortho nitro benzene ring substituents is 1. The molecule has 0 aromatic heterocycles. The molecule has 10 heteroatoms. The van der Waals surface area contributed by atoms with Crippen LogP contribution in [0.4, 0.5) is 11.4 Å². The minimum atomic E-state index is -3.10. The zero-order valence-electron chi connectivity index (χ0n) is 11.3. The van der Waals surface area contributed by atoms with Crippen molar-refractivity contribution in [2.24, 2.45) is 0 Å². The van der Waals surface area contributed by atoms with E-state index in [4.69, 9.17) is 0 Å². The molecule has 9 nitrogen and oxygen atoms in total. The fraction of sp³-hybridized carbons (Fsp3) is 0.455. The maximum Gasteiger partial charge on any atom is 0.280 e. The average molecular weight is 317 g/mol. The van der Waals surface area contributed by atoms with Crippen LogP contribution in [-0.4, -0.2) is 36.3 Å². The van der Waals surface area contributed by atoms with Gasteiger partial charge in [0.15, 0.2) is 9.84 Å². The quantitative estimate of drug-likeness (QED) is 0.430. The van der Waals surface area contributed by atoms with Gasteiger partial charge in [-0.1, -0.05) is 6.92 Å². The molecule has 1 aromatic carbocycles. The summed E-state index contributed by atoms with van der Waals surface area (Å²) >= 11 is 0. The molecule has 1 aromatic rings. The van der Waals surface area contributed by atoms with Crippen molar-refractivity contribution in [1.82, 2.24) is 5.32 Å². The van der Waals surface area contributed by atoms with Gasteiger partial charge in [0.25, 0.3) is 11.4 Å². The van der Waals surface area contributed by atoms with Crippen molar-refractivity contribution in [1.29, 1.82) is 0 Å². The van der Waals surface area contributed by atoms with Crippen molar-refractivity contribution in [3.05, 3.63) is 44.0 Å². The number of rotatable bonds is 8. The molecule has 0 radical (unpaired) electrons. The van der Waals surface area contributed by atoms with E-state index in [-0.39, 0.29) is 41.5 Å². The predicted molar refractivity (Wildman–Crippen MR) is 75.8 cm³/mol. The van der Waals surface area contributed by atoms with Gasteiger partial charge in [-0.3, -0.25) is 20.2 Å². The summed E-state index contributed by atoms with van der Waals surface area (Å²) in [6.07, 6.45) is 0. The SMILES string of the molecule is CCS(=O)(=O)CCNCc1ccc([N+](=O)[O-])cc1[N+](=O)[O-]. The van der Waals surface area contributed by atoms with Crippen LogP contribution in [-0.2, 0) is 16.4 Å². The fourth-order valence-corrected chi connectivity index (χ4v) is 2.32. The Morgan fingerprint density at radius 1 is 1.19 bits per heavy atom. The van der Waals surface area contributed by atoms with Gasteiger partial charge in [-0.05, 0) is 6.07 Å². The maximum absolute atomic E-state index is 11.3. The van der Waals surface area contributed by atoms with Gasteiger partial charge >= 0.3 is 0 Å². The van der Waals surface area contributed by atoms with Crippen LogP contribution in [0.2, 0.25) is 0 Å².